The molecule has 0 aromatic heterocycles. The van der Waals surface area contributed by atoms with Crippen LogP contribution in [0.25, 0.3) is 0 Å². The minimum atomic E-state index is -0.512. The van der Waals surface area contributed by atoms with Gasteiger partial charge in [-0.15, -0.1) is 0 Å². The number of nitrogens with two attached hydrogens (primary N) is 1. The highest BCUT2D eigenvalue weighted by Crippen LogP contribution is 2.12. The standard InChI is InChI=1S/C14H18N2O3/c1-10-4-2-3-5-11(10)13(17)8-16-6-7-19-9-12(16)14(15)18/h2-5,12H,6-9H2,1H3,(H2,15,18). The van der Waals surface area contributed by atoms with Gasteiger partial charge < -0.3 is 10.5 Å². The summed E-state index contributed by atoms with van der Waals surface area (Å²) in [5.41, 5.74) is 6.96. The van der Waals surface area contributed by atoms with Crippen LogP contribution in [0.4, 0.5) is 0 Å². The van der Waals surface area contributed by atoms with Crippen molar-refractivity contribution in [1.82, 2.24) is 4.90 Å². The SMILES string of the molecule is Cc1ccccc1C(=O)CN1CCOCC1C(N)=O. The monoisotopic (exact) mass is 262 g/mol. The Kier molecular flexibility index (Phi) is 4.29. The van der Waals surface area contributed by atoms with Crippen molar-refractivity contribution in [3.8, 4) is 0 Å². The van der Waals surface area contributed by atoms with Crippen molar-refractivity contribution in [1.29, 1.82) is 0 Å². The molecule has 1 aromatic carbocycles. The molecule has 2 rings (SSSR count). The summed E-state index contributed by atoms with van der Waals surface area (Å²) in [6.07, 6.45) is 0. The molecule has 0 saturated carbocycles. The number of hydrogen-bond donors (Lipinski definition) is 1. The zero-order chi connectivity index (χ0) is 13.8. The van der Waals surface area contributed by atoms with E-state index in [9.17, 15) is 9.59 Å². The molecule has 1 aromatic rings. The van der Waals surface area contributed by atoms with Gasteiger partial charge in [0.25, 0.3) is 0 Å². The zero-order valence-corrected chi connectivity index (χ0v) is 11.0. The van der Waals surface area contributed by atoms with Gasteiger partial charge in [-0.3, -0.25) is 14.5 Å². The first-order chi connectivity index (χ1) is 9.09. The van der Waals surface area contributed by atoms with Crippen LogP contribution in [-0.2, 0) is 9.53 Å². The molecule has 0 aliphatic carbocycles. The number of amides is 1. The minimum Gasteiger partial charge on any atom is -0.378 e. The van der Waals surface area contributed by atoms with E-state index in [-0.39, 0.29) is 18.9 Å². The number of ketones is 1. The molecule has 1 aliphatic heterocycles. The van der Waals surface area contributed by atoms with E-state index in [4.69, 9.17) is 10.5 Å². The lowest BCUT2D eigenvalue weighted by Crippen LogP contribution is -2.53. The second-order valence-corrected chi connectivity index (χ2v) is 4.70. The number of aryl methyl sites for hydroxylation is 1. The van der Waals surface area contributed by atoms with E-state index < -0.39 is 11.9 Å². The van der Waals surface area contributed by atoms with Gasteiger partial charge in [0, 0.05) is 12.1 Å². The molecule has 0 bridgehead atoms. The molecule has 102 valence electrons. The fourth-order valence-corrected chi connectivity index (χ4v) is 2.24. The van der Waals surface area contributed by atoms with Crippen molar-refractivity contribution >= 4 is 11.7 Å². The van der Waals surface area contributed by atoms with Crippen LogP contribution in [0.15, 0.2) is 24.3 Å². The first kappa shape index (κ1) is 13.7. The fourth-order valence-electron chi connectivity index (χ4n) is 2.24. The van der Waals surface area contributed by atoms with E-state index in [0.717, 1.165) is 5.56 Å². The molecule has 1 saturated heterocycles. The van der Waals surface area contributed by atoms with Gasteiger partial charge in [0.1, 0.15) is 6.04 Å². The summed E-state index contributed by atoms with van der Waals surface area (Å²) in [5.74, 6) is -0.441. The van der Waals surface area contributed by atoms with Crippen molar-refractivity contribution < 1.29 is 14.3 Å². The number of Topliss-reactive ketones (excluding diaryl/α,β-unsaturated/α-hetero) is 1. The van der Waals surface area contributed by atoms with Crippen LogP contribution in [0.5, 0.6) is 0 Å². The van der Waals surface area contributed by atoms with E-state index in [2.05, 4.69) is 0 Å². The van der Waals surface area contributed by atoms with Crippen LogP contribution >= 0.6 is 0 Å². The van der Waals surface area contributed by atoms with Gasteiger partial charge in [-0.1, -0.05) is 24.3 Å². The molecule has 1 atom stereocenters. The van der Waals surface area contributed by atoms with Crippen molar-refractivity contribution in [3.63, 3.8) is 0 Å². The molecule has 1 unspecified atom stereocenters. The Morgan fingerprint density at radius 1 is 1.42 bits per heavy atom. The number of benzene rings is 1. The third-order valence-electron chi connectivity index (χ3n) is 3.36. The number of ether oxygens (including phenoxy) is 1. The summed E-state index contributed by atoms with van der Waals surface area (Å²) < 4.78 is 5.23. The predicted octanol–water partition coefficient (Wildman–Crippen LogP) is 0.364. The Hall–Kier alpha value is -1.72. The average Bonchev–Trinajstić information content (AvgIpc) is 2.39. The molecule has 5 heteroatoms. The van der Waals surface area contributed by atoms with Crippen LogP contribution < -0.4 is 5.73 Å². The van der Waals surface area contributed by atoms with E-state index in [1.807, 2.05) is 25.1 Å². The largest absolute Gasteiger partial charge is 0.378 e. The summed E-state index contributed by atoms with van der Waals surface area (Å²) in [6, 6.07) is 6.93. The lowest BCUT2D eigenvalue weighted by Gasteiger charge is -2.32. The van der Waals surface area contributed by atoms with Gasteiger partial charge >= 0.3 is 0 Å². The van der Waals surface area contributed by atoms with Crippen molar-refractivity contribution in [3.05, 3.63) is 35.4 Å². The molecule has 0 spiro atoms. The second-order valence-electron chi connectivity index (χ2n) is 4.70. The van der Waals surface area contributed by atoms with Crippen LogP contribution in [0.1, 0.15) is 15.9 Å². The van der Waals surface area contributed by atoms with Gasteiger partial charge in [-0.25, -0.2) is 0 Å². The molecule has 19 heavy (non-hydrogen) atoms. The average molecular weight is 262 g/mol. The van der Waals surface area contributed by atoms with E-state index in [1.165, 1.54) is 0 Å². The lowest BCUT2D eigenvalue weighted by atomic mass is 10.0. The van der Waals surface area contributed by atoms with Gasteiger partial charge in [0.15, 0.2) is 5.78 Å². The van der Waals surface area contributed by atoms with E-state index in [1.54, 1.807) is 11.0 Å². The van der Waals surface area contributed by atoms with Gasteiger partial charge in [0.2, 0.25) is 5.91 Å². The molecular weight excluding hydrogens is 244 g/mol. The van der Waals surface area contributed by atoms with Crippen molar-refractivity contribution in [2.75, 3.05) is 26.3 Å². The Bertz CT molecular complexity index is 487. The topological polar surface area (TPSA) is 72.6 Å². The Labute approximate surface area is 112 Å². The lowest BCUT2D eigenvalue weighted by molar-refractivity contribution is -0.128. The minimum absolute atomic E-state index is 0.00579. The highest BCUT2D eigenvalue weighted by atomic mass is 16.5. The molecule has 5 nitrogen and oxygen atoms in total. The predicted molar refractivity (Wildman–Crippen MR) is 70.9 cm³/mol. The van der Waals surface area contributed by atoms with Crippen molar-refractivity contribution in [2.24, 2.45) is 5.73 Å². The number of primary amides is 1. The van der Waals surface area contributed by atoms with E-state index in [0.29, 0.717) is 18.7 Å². The number of morpholine rings is 1. The fraction of sp³-hybridized carbons (Fsp3) is 0.429. The first-order valence-corrected chi connectivity index (χ1v) is 6.29. The summed E-state index contributed by atoms with van der Waals surface area (Å²) in [6.45, 7) is 3.42. The highest BCUT2D eigenvalue weighted by Gasteiger charge is 2.29. The zero-order valence-electron chi connectivity index (χ0n) is 11.0. The Morgan fingerprint density at radius 3 is 2.84 bits per heavy atom. The smallest absolute Gasteiger partial charge is 0.237 e. The number of carbonyl (C=O) groups excluding carboxylic acids is 2. The van der Waals surface area contributed by atoms with Crippen LogP contribution in [0.3, 0.4) is 0 Å². The third kappa shape index (κ3) is 3.19. The highest BCUT2D eigenvalue weighted by molar-refractivity contribution is 5.99. The molecule has 2 N–H and O–H groups in total. The maximum Gasteiger partial charge on any atom is 0.237 e. The van der Waals surface area contributed by atoms with Gasteiger partial charge in [0.05, 0.1) is 19.8 Å². The number of hydrogen-bond acceptors (Lipinski definition) is 4. The van der Waals surface area contributed by atoms with Crippen LogP contribution in [-0.4, -0.2) is 48.9 Å². The van der Waals surface area contributed by atoms with Crippen LogP contribution in [0, 0.1) is 6.92 Å². The molecule has 1 amide bonds. The first-order valence-electron chi connectivity index (χ1n) is 6.29. The summed E-state index contributed by atoms with van der Waals surface area (Å²) >= 11 is 0. The maximum atomic E-state index is 12.3. The number of nitrogens with zero attached hydrogens (tertiary/aromatic N) is 1. The van der Waals surface area contributed by atoms with Gasteiger partial charge in [-0.2, -0.15) is 0 Å². The summed E-state index contributed by atoms with van der Waals surface area (Å²) in [5, 5.41) is 0. The second kappa shape index (κ2) is 5.95. The van der Waals surface area contributed by atoms with Gasteiger partial charge in [-0.05, 0) is 12.5 Å². The number of rotatable bonds is 4. The number of carbonyl (C=O) groups is 2. The molecular formula is C14H18N2O3. The Morgan fingerprint density at radius 2 is 2.16 bits per heavy atom. The molecule has 1 heterocycles. The van der Waals surface area contributed by atoms with Crippen molar-refractivity contribution in [2.45, 2.75) is 13.0 Å². The normalized spacial score (nSPS) is 20.2. The molecule has 0 radical (unpaired) electrons. The maximum absolute atomic E-state index is 12.3. The molecule has 1 aliphatic rings. The van der Waals surface area contributed by atoms with Crippen LogP contribution in [0.2, 0.25) is 0 Å². The quantitative estimate of drug-likeness (QED) is 0.795. The summed E-state index contributed by atoms with van der Waals surface area (Å²) in [4.78, 5) is 25.4. The molecule has 1 fully saturated rings. The Balaban J connectivity index is 2.09. The third-order valence-corrected chi connectivity index (χ3v) is 3.36. The summed E-state index contributed by atoms with van der Waals surface area (Å²) in [7, 11) is 0. The van der Waals surface area contributed by atoms with E-state index >= 15 is 0 Å².